The summed E-state index contributed by atoms with van der Waals surface area (Å²) in [5, 5.41) is 6.53. The molecular formula is C13H25N3O. The maximum atomic E-state index is 12.1. The molecule has 0 spiro atoms. The van der Waals surface area contributed by atoms with Gasteiger partial charge in [0, 0.05) is 25.7 Å². The monoisotopic (exact) mass is 239 g/mol. The number of urea groups is 1. The number of nitrogens with zero attached hydrogens (tertiary/aromatic N) is 1. The zero-order chi connectivity index (χ0) is 12.3. The van der Waals surface area contributed by atoms with Gasteiger partial charge in [0.2, 0.25) is 0 Å². The fourth-order valence-corrected chi connectivity index (χ4v) is 2.81. The van der Waals surface area contributed by atoms with E-state index in [0.717, 1.165) is 39.0 Å². The minimum atomic E-state index is 0.136. The van der Waals surface area contributed by atoms with E-state index in [4.69, 9.17) is 0 Å². The number of rotatable bonds is 1. The quantitative estimate of drug-likeness (QED) is 0.727. The van der Waals surface area contributed by atoms with Crippen molar-refractivity contribution in [3.05, 3.63) is 0 Å². The minimum absolute atomic E-state index is 0.136. The Hall–Kier alpha value is -0.770. The van der Waals surface area contributed by atoms with Crippen LogP contribution in [0.4, 0.5) is 4.79 Å². The predicted octanol–water partition coefficient (Wildman–Crippen LogP) is 1.43. The summed E-state index contributed by atoms with van der Waals surface area (Å²) in [4.78, 5) is 14.1. The molecule has 3 atom stereocenters. The van der Waals surface area contributed by atoms with Crippen LogP contribution in [0.1, 0.15) is 33.1 Å². The lowest BCUT2D eigenvalue weighted by Gasteiger charge is -2.35. The van der Waals surface area contributed by atoms with Crippen LogP contribution in [0.3, 0.4) is 0 Å². The summed E-state index contributed by atoms with van der Waals surface area (Å²) in [6.07, 6.45) is 3.56. The number of hydrogen-bond acceptors (Lipinski definition) is 2. The number of piperidine rings is 2. The third-order valence-corrected chi connectivity index (χ3v) is 4.08. The summed E-state index contributed by atoms with van der Waals surface area (Å²) in [6.45, 7) is 8.28. The number of hydrogen-bond donors (Lipinski definition) is 2. The minimum Gasteiger partial charge on any atom is -0.334 e. The number of carbonyl (C=O) groups excluding carboxylic acids is 1. The Morgan fingerprint density at radius 1 is 1.35 bits per heavy atom. The van der Waals surface area contributed by atoms with Crippen LogP contribution in [0.15, 0.2) is 0 Å². The summed E-state index contributed by atoms with van der Waals surface area (Å²) in [5.41, 5.74) is 0. The van der Waals surface area contributed by atoms with Gasteiger partial charge in [0.05, 0.1) is 0 Å². The average Bonchev–Trinajstić information content (AvgIpc) is 2.32. The van der Waals surface area contributed by atoms with Crippen LogP contribution in [-0.4, -0.2) is 43.2 Å². The Labute approximate surface area is 104 Å². The van der Waals surface area contributed by atoms with Gasteiger partial charge in [-0.2, -0.15) is 0 Å². The van der Waals surface area contributed by atoms with Crippen molar-refractivity contribution in [2.24, 2.45) is 11.8 Å². The highest BCUT2D eigenvalue weighted by Gasteiger charge is 2.26. The molecule has 2 saturated heterocycles. The van der Waals surface area contributed by atoms with Crippen LogP contribution in [0.5, 0.6) is 0 Å². The molecular weight excluding hydrogens is 214 g/mol. The molecule has 0 aromatic heterocycles. The van der Waals surface area contributed by atoms with Crippen LogP contribution < -0.4 is 10.6 Å². The van der Waals surface area contributed by atoms with Crippen molar-refractivity contribution in [3.8, 4) is 0 Å². The first kappa shape index (κ1) is 12.7. The summed E-state index contributed by atoms with van der Waals surface area (Å²) in [7, 11) is 0. The van der Waals surface area contributed by atoms with Gasteiger partial charge in [-0.05, 0) is 37.6 Å². The fourth-order valence-electron chi connectivity index (χ4n) is 2.81. The van der Waals surface area contributed by atoms with Crippen molar-refractivity contribution in [1.82, 2.24) is 15.5 Å². The van der Waals surface area contributed by atoms with Gasteiger partial charge >= 0.3 is 6.03 Å². The first-order chi connectivity index (χ1) is 8.16. The predicted molar refractivity (Wildman–Crippen MR) is 68.9 cm³/mol. The average molecular weight is 239 g/mol. The van der Waals surface area contributed by atoms with Gasteiger partial charge in [-0.15, -0.1) is 0 Å². The number of carbonyl (C=O) groups is 1. The van der Waals surface area contributed by atoms with Crippen molar-refractivity contribution in [2.45, 2.75) is 39.2 Å². The molecule has 0 aromatic rings. The number of amides is 2. The van der Waals surface area contributed by atoms with Gasteiger partial charge < -0.3 is 15.5 Å². The largest absolute Gasteiger partial charge is 0.334 e. The maximum Gasteiger partial charge on any atom is 0.317 e. The molecule has 4 nitrogen and oxygen atoms in total. The van der Waals surface area contributed by atoms with E-state index in [-0.39, 0.29) is 6.03 Å². The molecule has 0 saturated carbocycles. The second-order valence-electron chi connectivity index (χ2n) is 5.72. The van der Waals surface area contributed by atoms with E-state index >= 15 is 0 Å². The lowest BCUT2D eigenvalue weighted by molar-refractivity contribution is 0.160. The van der Waals surface area contributed by atoms with E-state index in [9.17, 15) is 4.79 Å². The first-order valence-corrected chi connectivity index (χ1v) is 6.93. The zero-order valence-electron chi connectivity index (χ0n) is 11.0. The molecule has 2 aliphatic heterocycles. The van der Waals surface area contributed by atoms with E-state index in [1.165, 1.54) is 6.42 Å². The summed E-state index contributed by atoms with van der Waals surface area (Å²) >= 11 is 0. The summed E-state index contributed by atoms with van der Waals surface area (Å²) < 4.78 is 0. The lowest BCUT2D eigenvalue weighted by Crippen LogP contribution is -2.55. The summed E-state index contributed by atoms with van der Waals surface area (Å²) in [5.74, 6) is 1.24. The zero-order valence-corrected chi connectivity index (χ0v) is 11.0. The molecule has 2 amide bonds. The first-order valence-electron chi connectivity index (χ1n) is 6.93. The van der Waals surface area contributed by atoms with E-state index in [1.54, 1.807) is 0 Å². The highest BCUT2D eigenvalue weighted by atomic mass is 16.2. The number of likely N-dealkylation sites (tertiary alicyclic amines) is 1. The summed E-state index contributed by atoms with van der Waals surface area (Å²) in [6, 6.07) is 0.436. The van der Waals surface area contributed by atoms with E-state index in [2.05, 4.69) is 24.5 Å². The van der Waals surface area contributed by atoms with Crippen molar-refractivity contribution in [2.75, 3.05) is 26.2 Å². The molecule has 3 unspecified atom stereocenters. The Morgan fingerprint density at radius 3 is 2.88 bits per heavy atom. The normalized spacial score (nSPS) is 34.5. The maximum absolute atomic E-state index is 12.1. The smallest absolute Gasteiger partial charge is 0.317 e. The van der Waals surface area contributed by atoms with Crippen molar-refractivity contribution < 1.29 is 4.79 Å². The Kier molecular flexibility index (Phi) is 4.26. The second-order valence-corrected chi connectivity index (χ2v) is 5.72. The van der Waals surface area contributed by atoms with Crippen LogP contribution in [0.2, 0.25) is 0 Å². The fraction of sp³-hybridized carbons (Fsp3) is 0.923. The van der Waals surface area contributed by atoms with Crippen molar-refractivity contribution in [3.63, 3.8) is 0 Å². The van der Waals surface area contributed by atoms with Crippen LogP contribution in [-0.2, 0) is 0 Å². The van der Waals surface area contributed by atoms with E-state index in [0.29, 0.717) is 17.9 Å². The Balaban J connectivity index is 1.83. The van der Waals surface area contributed by atoms with Crippen LogP contribution in [0, 0.1) is 11.8 Å². The molecule has 2 N–H and O–H groups in total. The topological polar surface area (TPSA) is 44.4 Å². The number of nitrogens with one attached hydrogen (secondary N) is 2. The standard InChI is InChI=1S/C13H25N3O/c1-10-4-3-7-16(9-10)13(17)15-12-8-14-6-5-11(12)2/h10-12,14H,3-9H2,1-2H3,(H,15,17). The van der Waals surface area contributed by atoms with Gasteiger partial charge in [0.25, 0.3) is 0 Å². The molecule has 2 heterocycles. The molecule has 98 valence electrons. The second kappa shape index (κ2) is 5.71. The molecule has 2 fully saturated rings. The molecule has 0 bridgehead atoms. The van der Waals surface area contributed by atoms with Gasteiger partial charge in [-0.25, -0.2) is 4.79 Å². The van der Waals surface area contributed by atoms with E-state index < -0.39 is 0 Å². The molecule has 0 radical (unpaired) electrons. The highest BCUT2D eigenvalue weighted by Crippen LogP contribution is 2.16. The third kappa shape index (κ3) is 3.35. The van der Waals surface area contributed by atoms with Crippen molar-refractivity contribution in [1.29, 1.82) is 0 Å². The van der Waals surface area contributed by atoms with Gasteiger partial charge in [-0.3, -0.25) is 0 Å². The van der Waals surface area contributed by atoms with E-state index in [1.807, 2.05) is 4.90 Å². The Bertz CT molecular complexity index is 269. The van der Waals surface area contributed by atoms with Gasteiger partial charge in [-0.1, -0.05) is 13.8 Å². The van der Waals surface area contributed by atoms with Crippen LogP contribution >= 0.6 is 0 Å². The molecule has 2 aliphatic rings. The highest BCUT2D eigenvalue weighted by molar-refractivity contribution is 5.74. The van der Waals surface area contributed by atoms with Crippen molar-refractivity contribution >= 4 is 6.03 Å². The molecule has 0 aliphatic carbocycles. The molecule has 0 aromatic carbocycles. The molecule has 17 heavy (non-hydrogen) atoms. The SMILES string of the molecule is CC1CCCN(C(=O)NC2CNCCC2C)C1. The third-order valence-electron chi connectivity index (χ3n) is 4.08. The van der Waals surface area contributed by atoms with Gasteiger partial charge in [0.15, 0.2) is 0 Å². The van der Waals surface area contributed by atoms with Gasteiger partial charge in [0.1, 0.15) is 0 Å². The molecule has 2 rings (SSSR count). The molecule has 4 heteroatoms. The van der Waals surface area contributed by atoms with Crippen LogP contribution in [0.25, 0.3) is 0 Å². The Morgan fingerprint density at radius 2 is 2.18 bits per heavy atom. The lowest BCUT2D eigenvalue weighted by atomic mass is 9.95.